The zero-order valence-electron chi connectivity index (χ0n) is 8.32. The predicted molar refractivity (Wildman–Crippen MR) is 56.2 cm³/mol. The summed E-state index contributed by atoms with van der Waals surface area (Å²) < 4.78 is 0. The largest absolute Gasteiger partial charge is 0.480 e. The van der Waals surface area contributed by atoms with E-state index in [1.165, 1.54) is 0 Å². The molecule has 0 saturated heterocycles. The van der Waals surface area contributed by atoms with Crippen LogP contribution in [0.4, 0.5) is 0 Å². The van der Waals surface area contributed by atoms with Gasteiger partial charge in [-0.2, -0.15) is 0 Å². The Morgan fingerprint density at radius 2 is 2.00 bits per heavy atom. The molecule has 0 heterocycles. The first-order chi connectivity index (χ1) is 5.59. The zero-order valence-corrected chi connectivity index (χ0v) is 9.14. The van der Waals surface area contributed by atoms with Gasteiger partial charge in [0.15, 0.2) is 0 Å². The summed E-state index contributed by atoms with van der Waals surface area (Å²) in [5, 5.41) is 8.58. The van der Waals surface area contributed by atoms with Crippen LogP contribution in [-0.2, 0) is 4.79 Å². The summed E-state index contributed by atoms with van der Waals surface area (Å²) in [7, 11) is 0. The van der Waals surface area contributed by atoms with Crippen LogP contribution in [0.5, 0.6) is 0 Å². The molecule has 0 aromatic rings. The summed E-state index contributed by atoms with van der Waals surface area (Å²) in [4.78, 5) is 10.4. The van der Waals surface area contributed by atoms with Crippen LogP contribution in [0.15, 0.2) is 0 Å². The average molecular weight is 210 g/mol. The van der Waals surface area contributed by atoms with Crippen molar-refractivity contribution in [3.63, 3.8) is 0 Å². The first-order valence-electron chi connectivity index (χ1n) is 4.58. The van der Waals surface area contributed by atoms with E-state index in [-0.39, 0.29) is 18.3 Å². The van der Waals surface area contributed by atoms with Gasteiger partial charge in [-0.05, 0) is 12.3 Å². The lowest BCUT2D eigenvalue weighted by atomic mass is 9.96. The number of aliphatic carboxylic acids is 1. The van der Waals surface area contributed by atoms with Crippen molar-refractivity contribution in [2.24, 2.45) is 11.7 Å². The van der Waals surface area contributed by atoms with Gasteiger partial charge in [0.25, 0.3) is 0 Å². The van der Waals surface area contributed by atoms with E-state index in [9.17, 15) is 4.79 Å². The Hall–Kier alpha value is -0.280. The fourth-order valence-electron chi connectivity index (χ4n) is 1.14. The molecule has 0 aliphatic carbocycles. The second kappa shape index (κ2) is 8.32. The number of unbranched alkanes of at least 4 members (excludes halogenated alkanes) is 2. The molecule has 0 amide bonds. The number of carboxylic acid groups (broad SMARTS) is 1. The highest BCUT2D eigenvalue weighted by Crippen LogP contribution is 2.11. The Balaban J connectivity index is 0. The van der Waals surface area contributed by atoms with E-state index >= 15 is 0 Å². The van der Waals surface area contributed by atoms with Crippen LogP contribution >= 0.6 is 12.4 Å². The minimum atomic E-state index is -0.890. The van der Waals surface area contributed by atoms with Crippen molar-refractivity contribution in [3.8, 4) is 0 Å². The summed E-state index contributed by atoms with van der Waals surface area (Å²) in [6.07, 6.45) is 4.33. The fraction of sp³-hybridized carbons (Fsp3) is 0.889. The van der Waals surface area contributed by atoms with Gasteiger partial charge >= 0.3 is 5.97 Å². The molecular formula is C9H20ClNO2. The van der Waals surface area contributed by atoms with E-state index in [0.717, 1.165) is 25.7 Å². The van der Waals surface area contributed by atoms with Gasteiger partial charge in [0, 0.05) is 0 Å². The molecule has 13 heavy (non-hydrogen) atoms. The second-order valence-corrected chi connectivity index (χ2v) is 3.34. The number of hydrogen-bond acceptors (Lipinski definition) is 2. The Bertz CT molecular complexity index is 142. The maximum atomic E-state index is 10.4. The van der Waals surface area contributed by atoms with Gasteiger partial charge in [0.2, 0.25) is 0 Å². The Kier molecular flexibility index (Phi) is 9.74. The molecule has 1 unspecified atom stereocenters. The Morgan fingerprint density at radius 1 is 1.46 bits per heavy atom. The minimum Gasteiger partial charge on any atom is -0.480 e. The molecule has 0 aromatic carbocycles. The van der Waals surface area contributed by atoms with Crippen LogP contribution in [0.2, 0.25) is 0 Å². The normalized spacial score (nSPS) is 14.4. The topological polar surface area (TPSA) is 63.3 Å². The zero-order chi connectivity index (χ0) is 9.56. The van der Waals surface area contributed by atoms with Crippen molar-refractivity contribution < 1.29 is 9.90 Å². The van der Waals surface area contributed by atoms with E-state index in [2.05, 4.69) is 6.92 Å². The molecule has 80 valence electrons. The summed E-state index contributed by atoms with van der Waals surface area (Å²) >= 11 is 0. The monoisotopic (exact) mass is 209 g/mol. The molecule has 0 bridgehead atoms. The highest BCUT2D eigenvalue weighted by Gasteiger charge is 2.18. The van der Waals surface area contributed by atoms with Crippen molar-refractivity contribution in [1.82, 2.24) is 0 Å². The maximum Gasteiger partial charge on any atom is 0.320 e. The van der Waals surface area contributed by atoms with Crippen LogP contribution in [0.3, 0.4) is 0 Å². The molecule has 0 aliphatic heterocycles. The number of carbonyl (C=O) groups is 1. The summed E-state index contributed by atoms with van der Waals surface area (Å²) in [6, 6.07) is -0.693. The Labute approximate surface area is 86.1 Å². The lowest BCUT2D eigenvalue weighted by Crippen LogP contribution is -2.36. The second-order valence-electron chi connectivity index (χ2n) is 3.34. The summed E-state index contributed by atoms with van der Waals surface area (Å²) in [6.45, 7) is 4.02. The van der Waals surface area contributed by atoms with E-state index < -0.39 is 12.0 Å². The molecule has 0 rings (SSSR count). The first kappa shape index (κ1) is 15.2. The molecular weight excluding hydrogens is 190 g/mol. The van der Waals surface area contributed by atoms with E-state index in [4.69, 9.17) is 10.8 Å². The lowest BCUT2D eigenvalue weighted by Gasteiger charge is -2.14. The quantitative estimate of drug-likeness (QED) is 0.658. The molecule has 2 atom stereocenters. The highest BCUT2D eigenvalue weighted by molar-refractivity contribution is 5.85. The average Bonchev–Trinajstić information content (AvgIpc) is 2.03. The number of hydrogen-bond donors (Lipinski definition) is 2. The number of nitrogens with two attached hydrogens (primary N) is 1. The standard InChI is InChI=1S/C9H19NO2.ClH/c1-3-4-5-6-7(2)8(10)9(11)12;/h7-8H,3-6,10H2,1-2H3,(H,11,12);1H/t7?,8-;/m1./s1. The lowest BCUT2D eigenvalue weighted by molar-refractivity contribution is -0.139. The number of rotatable bonds is 6. The van der Waals surface area contributed by atoms with Crippen LogP contribution in [0, 0.1) is 5.92 Å². The SMILES string of the molecule is CCCCCC(C)[C@@H](N)C(=O)O.Cl. The van der Waals surface area contributed by atoms with E-state index in [0.29, 0.717) is 0 Å². The summed E-state index contributed by atoms with van der Waals surface area (Å²) in [5.41, 5.74) is 5.44. The van der Waals surface area contributed by atoms with Gasteiger partial charge in [-0.15, -0.1) is 12.4 Å². The molecule has 4 heteroatoms. The molecule has 0 spiro atoms. The fourth-order valence-corrected chi connectivity index (χ4v) is 1.14. The van der Waals surface area contributed by atoms with E-state index in [1.54, 1.807) is 0 Å². The number of halogens is 1. The van der Waals surface area contributed by atoms with Crippen molar-refractivity contribution in [1.29, 1.82) is 0 Å². The third kappa shape index (κ3) is 6.84. The van der Waals surface area contributed by atoms with Gasteiger partial charge in [-0.25, -0.2) is 0 Å². The van der Waals surface area contributed by atoms with Crippen LogP contribution < -0.4 is 5.73 Å². The van der Waals surface area contributed by atoms with Gasteiger partial charge in [-0.1, -0.05) is 33.1 Å². The van der Waals surface area contributed by atoms with E-state index in [1.807, 2.05) is 6.92 Å². The van der Waals surface area contributed by atoms with Crippen LogP contribution in [0.1, 0.15) is 39.5 Å². The third-order valence-electron chi connectivity index (χ3n) is 2.16. The summed E-state index contributed by atoms with van der Waals surface area (Å²) in [5.74, 6) is -0.798. The van der Waals surface area contributed by atoms with Crippen LogP contribution in [-0.4, -0.2) is 17.1 Å². The minimum absolute atomic E-state index is 0. The van der Waals surface area contributed by atoms with Crippen molar-refractivity contribution in [2.45, 2.75) is 45.6 Å². The molecule has 0 radical (unpaired) electrons. The van der Waals surface area contributed by atoms with Gasteiger partial charge in [0.1, 0.15) is 6.04 Å². The molecule has 0 aliphatic rings. The smallest absolute Gasteiger partial charge is 0.320 e. The highest BCUT2D eigenvalue weighted by atomic mass is 35.5. The molecule has 0 aromatic heterocycles. The molecule has 3 nitrogen and oxygen atoms in total. The molecule has 0 fully saturated rings. The molecule has 3 N–H and O–H groups in total. The maximum absolute atomic E-state index is 10.4. The van der Waals surface area contributed by atoms with Crippen LogP contribution in [0.25, 0.3) is 0 Å². The van der Waals surface area contributed by atoms with Gasteiger partial charge in [0.05, 0.1) is 0 Å². The third-order valence-corrected chi connectivity index (χ3v) is 2.16. The van der Waals surface area contributed by atoms with Crippen molar-refractivity contribution in [2.75, 3.05) is 0 Å². The van der Waals surface area contributed by atoms with Crippen molar-refractivity contribution >= 4 is 18.4 Å². The molecule has 0 saturated carbocycles. The van der Waals surface area contributed by atoms with Crippen molar-refractivity contribution in [3.05, 3.63) is 0 Å². The van der Waals surface area contributed by atoms with Gasteiger partial charge in [-0.3, -0.25) is 4.79 Å². The predicted octanol–water partition coefficient (Wildman–Crippen LogP) is 2.04. The Morgan fingerprint density at radius 3 is 2.38 bits per heavy atom. The number of carboxylic acids is 1. The van der Waals surface area contributed by atoms with Gasteiger partial charge < -0.3 is 10.8 Å². The first-order valence-corrected chi connectivity index (χ1v) is 4.58.